The lowest BCUT2D eigenvalue weighted by Gasteiger charge is -2.44. The Balaban J connectivity index is 1.61. The van der Waals surface area contributed by atoms with Crippen LogP contribution in [-0.4, -0.2) is 59.7 Å². The van der Waals surface area contributed by atoms with Gasteiger partial charge in [0.2, 0.25) is 11.8 Å². The molecule has 10 nitrogen and oxygen atoms in total. The third-order valence-corrected chi connectivity index (χ3v) is 8.03. The molecule has 3 aromatic rings. The summed E-state index contributed by atoms with van der Waals surface area (Å²) in [6.07, 6.45) is 1.61. The van der Waals surface area contributed by atoms with Crippen molar-refractivity contribution >= 4 is 30.0 Å². The highest BCUT2D eigenvalue weighted by atomic mass is 16.5. The number of nitrogens with one attached hydrogen (secondary N) is 1. The molecule has 208 valence electrons. The third kappa shape index (κ3) is 3.97. The Labute approximate surface area is 236 Å². The monoisotopic (exact) mass is 552 g/mol. The van der Waals surface area contributed by atoms with E-state index in [4.69, 9.17) is 9.47 Å². The zero-order valence-electron chi connectivity index (χ0n) is 22.5. The summed E-state index contributed by atoms with van der Waals surface area (Å²) in [5.41, 5.74) is 0.648. The molecule has 41 heavy (non-hydrogen) atoms. The first kappa shape index (κ1) is 26.2. The summed E-state index contributed by atoms with van der Waals surface area (Å²) in [4.78, 5) is 57.2. The normalized spacial score (nSPS) is 24.6. The molecule has 1 spiro atoms. The smallest absolute Gasteiger partial charge is 0.331 e. The Morgan fingerprint density at radius 1 is 0.976 bits per heavy atom. The standard InChI is InChI=1S/C31H28N4O6/c1-3-41-27(36)25-24(20-13-15-22(40-2)16-14-20)31(26-23-12-8-7-11-21(23)17-32-35(25)26)28(37)33-30(39)34(29(31)38)18-19-9-5-4-6-10-19/h4-17,24-26H,3,18H2,1-2H3,(H,33,37,39)/t24-,25+,26+,31-/m0/s1. The molecule has 2 fully saturated rings. The molecule has 0 aliphatic carbocycles. The number of rotatable bonds is 6. The van der Waals surface area contributed by atoms with E-state index in [2.05, 4.69) is 10.4 Å². The predicted octanol–water partition coefficient (Wildman–Crippen LogP) is 3.38. The van der Waals surface area contributed by atoms with Crippen LogP contribution in [0.1, 0.15) is 41.1 Å². The van der Waals surface area contributed by atoms with Gasteiger partial charge in [0, 0.05) is 5.92 Å². The largest absolute Gasteiger partial charge is 0.497 e. The first-order chi connectivity index (χ1) is 19.9. The van der Waals surface area contributed by atoms with Crippen molar-refractivity contribution in [1.82, 2.24) is 15.2 Å². The van der Waals surface area contributed by atoms with Crippen LogP contribution in [0, 0.1) is 5.41 Å². The van der Waals surface area contributed by atoms with Crippen molar-refractivity contribution in [3.05, 3.63) is 101 Å². The molecule has 0 unspecified atom stereocenters. The lowest BCUT2D eigenvalue weighted by molar-refractivity contribution is -0.155. The third-order valence-electron chi connectivity index (χ3n) is 8.03. The van der Waals surface area contributed by atoms with Crippen LogP contribution in [-0.2, 0) is 25.7 Å². The van der Waals surface area contributed by atoms with Crippen LogP contribution >= 0.6 is 0 Å². The van der Waals surface area contributed by atoms with Crippen LogP contribution in [0.5, 0.6) is 5.75 Å². The van der Waals surface area contributed by atoms with Crippen molar-refractivity contribution in [2.45, 2.75) is 31.5 Å². The number of esters is 1. The number of fused-ring (bicyclic) bond motifs is 4. The number of carbonyl (C=O) groups is 4. The van der Waals surface area contributed by atoms with Gasteiger partial charge in [0.15, 0.2) is 11.5 Å². The topological polar surface area (TPSA) is 118 Å². The maximum absolute atomic E-state index is 14.9. The van der Waals surface area contributed by atoms with Gasteiger partial charge in [-0.1, -0.05) is 66.7 Å². The highest BCUT2D eigenvalue weighted by Gasteiger charge is 2.73. The van der Waals surface area contributed by atoms with Gasteiger partial charge in [-0.05, 0) is 41.3 Å². The summed E-state index contributed by atoms with van der Waals surface area (Å²) < 4.78 is 10.8. The molecule has 0 bridgehead atoms. The summed E-state index contributed by atoms with van der Waals surface area (Å²) in [7, 11) is 1.53. The SMILES string of the molecule is CCOC(=O)[C@H]1[C@H](c2ccc(OC)cc2)[C@@]2(C(=O)NC(=O)N(Cc3ccccc3)C2=O)[C@H]2c3ccccc3C=NN12. The number of amides is 4. The highest BCUT2D eigenvalue weighted by molar-refractivity contribution is 6.21. The Morgan fingerprint density at radius 2 is 1.68 bits per heavy atom. The summed E-state index contributed by atoms with van der Waals surface area (Å²) in [5.74, 6) is -2.61. The molecule has 2 saturated heterocycles. The number of nitrogens with zero attached hydrogens (tertiary/aromatic N) is 3. The molecule has 3 aliphatic rings. The van der Waals surface area contributed by atoms with E-state index in [1.807, 2.05) is 42.5 Å². The average Bonchev–Trinajstić information content (AvgIpc) is 3.32. The number of ether oxygens (including phenoxy) is 2. The fraction of sp³-hybridized carbons (Fsp3) is 0.258. The summed E-state index contributed by atoms with van der Waals surface area (Å²) in [6.45, 7) is 1.73. The molecule has 3 aromatic carbocycles. The van der Waals surface area contributed by atoms with Crippen LogP contribution in [0.15, 0.2) is 84.0 Å². The second-order valence-electron chi connectivity index (χ2n) is 10.1. The van der Waals surface area contributed by atoms with E-state index in [1.165, 1.54) is 12.1 Å². The van der Waals surface area contributed by atoms with Gasteiger partial charge in [-0.3, -0.25) is 24.8 Å². The molecular formula is C31H28N4O6. The van der Waals surface area contributed by atoms with Gasteiger partial charge >= 0.3 is 12.0 Å². The summed E-state index contributed by atoms with van der Waals surface area (Å²) in [5, 5.41) is 8.59. The van der Waals surface area contributed by atoms with E-state index < -0.39 is 47.2 Å². The average molecular weight is 553 g/mol. The van der Waals surface area contributed by atoms with E-state index in [9.17, 15) is 19.2 Å². The highest BCUT2D eigenvalue weighted by Crippen LogP contribution is 2.61. The number of barbiturate groups is 1. The van der Waals surface area contributed by atoms with Gasteiger partial charge in [0.05, 0.1) is 32.5 Å². The maximum Gasteiger partial charge on any atom is 0.331 e. The minimum Gasteiger partial charge on any atom is -0.497 e. The zero-order chi connectivity index (χ0) is 28.7. The number of urea groups is 1. The number of hydrazone groups is 1. The van der Waals surface area contributed by atoms with E-state index in [0.717, 1.165) is 4.90 Å². The van der Waals surface area contributed by atoms with Crippen LogP contribution in [0.2, 0.25) is 0 Å². The maximum atomic E-state index is 14.9. The number of benzene rings is 3. The number of hydrogen-bond acceptors (Lipinski definition) is 8. The Hall–Kier alpha value is -4.99. The minimum atomic E-state index is -1.94. The molecule has 10 heteroatoms. The first-order valence-corrected chi connectivity index (χ1v) is 13.3. The van der Waals surface area contributed by atoms with Gasteiger partial charge in [0.25, 0.3) is 0 Å². The summed E-state index contributed by atoms with van der Waals surface area (Å²) in [6, 6.07) is 20.3. The van der Waals surface area contributed by atoms with Gasteiger partial charge < -0.3 is 9.47 Å². The van der Waals surface area contributed by atoms with Gasteiger partial charge in [-0.25, -0.2) is 9.59 Å². The molecule has 0 aromatic heterocycles. The Morgan fingerprint density at radius 3 is 2.39 bits per heavy atom. The van der Waals surface area contributed by atoms with Crippen LogP contribution < -0.4 is 10.1 Å². The van der Waals surface area contributed by atoms with Crippen molar-refractivity contribution in [1.29, 1.82) is 0 Å². The molecule has 3 aliphatic heterocycles. The Kier molecular flexibility index (Phi) is 6.53. The fourth-order valence-electron chi connectivity index (χ4n) is 6.31. The molecule has 1 N–H and O–H groups in total. The van der Waals surface area contributed by atoms with E-state index in [-0.39, 0.29) is 13.2 Å². The van der Waals surface area contributed by atoms with Gasteiger partial charge in [0.1, 0.15) is 5.75 Å². The van der Waals surface area contributed by atoms with Crippen molar-refractivity contribution in [3.63, 3.8) is 0 Å². The van der Waals surface area contributed by atoms with Gasteiger partial charge in [-0.2, -0.15) is 5.10 Å². The Bertz CT molecular complexity index is 1560. The number of methoxy groups -OCH3 is 1. The second-order valence-corrected chi connectivity index (χ2v) is 10.1. The van der Waals surface area contributed by atoms with E-state index in [0.29, 0.717) is 28.0 Å². The van der Waals surface area contributed by atoms with Crippen molar-refractivity contribution < 1.29 is 28.7 Å². The molecule has 6 rings (SSSR count). The molecule has 0 radical (unpaired) electrons. The molecule has 4 atom stereocenters. The molecule has 0 saturated carbocycles. The van der Waals surface area contributed by atoms with Crippen LogP contribution in [0.25, 0.3) is 0 Å². The number of imide groups is 2. The zero-order valence-corrected chi connectivity index (χ0v) is 22.5. The van der Waals surface area contributed by atoms with E-state index >= 15 is 0 Å². The molecule has 3 heterocycles. The number of carbonyl (C=O) groups excluding carboxylic acids is 4. The second kappa shape index (κ2) is 10.2. The lowest BCUT2D eigenvalue weighted by Crippen LogP contribution is -2.66. The summed E-state index contributed by atoms with van der Waals surface area (Å²) >= 11 is 0. The fourth-order valence-corrected chi connectivity index (χ4v) is 6.31. The van der Waals surface area contributed by atoms with Crippen molar-refractivity contribution in [2.24, 2.45) is 10.5 Å². The molecule has 4 amide bonds. The van der Waals surface area contributed by atoms with Crippen LogP contribution in [0.3, 0.4) is 0 Å². The quantitative estimate of drug-likeness (QED) is 0.368. The number of hydrogen-bond donors (Lipinski definition) is 1. The van der Waals surface area contributed by atoms with E-state index in [1.54, 1.807) is 49.5 Å². The first-order valence-electron chi connectivity index (χ1n) is 13.3. The van der Waals surface area contributed by atoms with Crippen molar-refractivity contribution in [2.75, 3.05) is 13.7 Å². The van der Waals surface area contributed by atoms with Gasteiger partial charge in [-0.15, -0.1) is 0 Å². The van der Waals surface area contributed by atoms with Crippen molar-refractivity contribution in [3.8, 4) is 5.75 Å². The predicted molar refractivity (Wildman–Crippen MR) is 148 cm³/mol. The van der Waals surface area contributed by atoms with Crippen LogP contribution in [0.4, 0.5) is 4.79 Å². The lowest BCUT2D eigenvalue weighted by atomic mass is 9.64. The molecular weight excluding hydrogens is 524 g/mol. The minimum absolute atomic E-state index is 0.0580.